The van der Waals surface area contributed by atoms with Crippen LogP contribution in [0.3, 0.4) is 0 Å². The number of unbranched alkanes of at least 4 members (excludes halogenated alkanes) is 22. The zero-order valence-corrected chi connectivity index (χ0v) is 26.8. The van der Waals surface area contributed by atoms with Gasteiger partial charge in [0.25, 0.3) is 0 Å². The van der Waals surface area contributed by atoms with Gasteiger partial charge in [0.1, 0.15) is 0 Å². The molecular weight excluding hydrogens is 531 g/mol. The average Bonchev–Trinajstić information content (AvgIpc) is 2.94. The number of carboxylic acids is 1. The van der Waals surface area contributed by atoms with Crippen molar-refractivity contribution in [3.05, 3.63) is 0 Å². The van der Waals surface area contributed by atoms with Crippen molar-refractivity contribution in [1.82, 2.24) is 0 Å². The molecule has 5 nitrogen and oxygen atoms in total. The monoisotopic (exact) mass is 597 g/mol. The maximum absolute atomic E-state index is 10.6. The largest absolute Gasteiger partial charge is 0.490 e. The van der Waals surface area contributed by atoms with E-state index in [0.29, 0.717) is 13.2 Å². The molecular formula is C33H66F3NO4. The van der Waals surface area contributed by atoms with Gasteiger partial charge in [0.05, 0.1) is 12.7 Å². The Balaban J connectivity index is 0. The van der Waals surface area contributed by atoms with Crippen LogP contribution in [0.5, 0.6) is 0 Å². The second kappa shape index (κ2) is 33.6. The summed E-state index contributed by atoms with van der Waals surface area (Å²) < 4.78 is 43.5. The number of halogens is 3. The fraction of sp³-hybridized carbons (Fsp3) is 0.970. The molecule has 0 aromatic heterocycles. The van der Waals surface area contributed by atoms with Crippen molar-refractivity contribution < 1.29 is 32.5 Å². The normalized spacial score (nSPS) is 12.2. The van der Waals surface area contributed by atoms with Gasteiger partial charge in [-0.1, -0.05) is 155 Å². The third-order valence-corrected chi connectivity index (χ3v) is 7.30. The van der Waals surface area contributed by atoms with Gasteiger partial charge in [-0.3, -0.25) is 0 Å². The summed E-state index contributed by atoms with van der Waals surface area (Å²) in [7, 11) is 0. The summed E-state index contributed by atoms with van der Waals surface area (Å²) in [5.41, 5.74) is 5.87. The van der Waals surface area contributed by atoms with Crippen molar-refractivity contribution >= 4 is 5.97 Å². The SMILES string of the molecule is CCCCCCCCCCCCCCOC[C@H](CN)OCCCCCCCCCCCCCC.O=C(O)C(F)(F)F. The fourth-order valence-electron chi connectivity index (χ4n) is 4.64. The van der Waals surface area contributed by atoms with Crippen molar-refractivity contribution in [2.75, 3.05) is 26.4 Å². The first-order valence-electron chi connectivity index (χ1n) is 17.0. The summed E-state index contributed by atoms with van der Waals surface area (Å²) in [6, 6.07) is 0. The van der Waals surface area contributed by atoms with Crippen LogP contribution in [0.1, 0.15) is 168 Å². The standard InChI is InChI=1S/C31H65NO2.C2HF3O2/c1-3-5-7-9-11-13-15-17-19-21-23-25-27-33-30-31(29-32)34-28-26-24-22-20-18-16-14-12-10-8-6-4-2;3-2(4,5)1(6)7/h31H,3-30,32H2,1-2H3;(H,6,7)/t31-;/m0./s1. The topological polar surface area (TPSA) is 81.8 Å². The zero-order valence-electron chi connectivity index (χ0n) is 26.8. The molecule has 0 saturated heterocycles. The van der Waals surface area contributed by atoms with Crippen molar-refractivity contribution in [2.24, 2.45) is 5.73 Å². The van der Waals surface area contributed by atoms with Crippen LogP contribution in [0.15, 0.2) is 0 Å². The molecule has 0 spiro atoms. The van der Waals surface area contributed by atoms with Crippen LogP contribution in [-0.4, -0.2) is 49.7 Å². The first kappa shape index (κ1) is 42.3. The summed E-state index contributed by atoms with van der Waals surface area (Å²) >= 11 is 0. The third kappa shape index (κ3) is 37.1. The number of nitrogens with two attached hydrogens (primary N) is 1. The Hall–Kier alpha value is -0.860. The predicted molar refractivity (Wildman–Crippen MR) is 165 cm³/mol. The van der Waals surface area contributed by atoms with E-state index >= 15 is 0 Å². The molecule has 0 rings (SSSR count). The van der Waals surface area contributed by atoms with Gasteiger partial charge in [-0.05, 0) is 12.8 Å². The smallest absolute Gasteiger partial charge is 0.475 e. The molecule has 8 heteroatoms. The van der Waals surface area contributed by atoms with Gasteiger partial charge in [0.15, 0.2) is 0 Å². The van der Waals surface area contributed by atoms with Gasteiger partial charge < -0.3 is 20.3 Å². The minimum absolute atomic E-state index is 0.0741. The van der Waals surface area contributed by atoms with Crippen LogP contribution in [0.4, 0.5) is 13.2 Å². The lowest BCUT2D eigenvalue weighted by Crippen LogP contribution is -2.29. The molecule has 0 aliphatic heterocycles. The minimum atomic E-state index is -5.08. The van der Waals surface area contributed by atoms with Gasteiger partial charge in [-0.25, -0.2) is 4.79 Å². The van der Waals surface area contributed by atoms with Crippen LogP contribution in [0, 0.1) is 0 Å². The Morgan fingerprint density at radius 2 is 0.902 bits per heavy atom. The maximum atomic E-state index is 10.6. The molecule has 0 aromatic rings. The summed E-state index contributed by atoms with van der Waals surface area (Å²) in [5, 5.41) is 7.12. The first-order chi connectivity index (χ1) is 19.8. The van der Waals surface area contributed by atoms with E-state index in [2.05, 4.69) is 13.8 Å². The fourth-order valence-corrected chi connectivity index (χ4v) is 4.64. The van der Waals surface area contributed by atoms with Crippen LogP contribution in [-0.2, 0) is 14.3 Å². The molecule has 248 valence electrons. The Bertz CT molecular complexity index is 521. The molecule has 0 aliphatic rings. The molecule has 0 aromatic carbocycles. The van der Waals surface area contributed by atoms with Gasteiger partial charge in [0.2, 0.25) is 0 Å². The number of carbonyl (C=O) groups is 1. The molecule has 3 N–H and O–H groups in total. The van der Waals surface area contributed by atoms with Crippen molar-refractivity contribution in [1.29, 1.82) is 0 Å². The molecule has 0 unspecified atom stereocenters. The van der Waals surface area contributed by atoms with E-state index in [9.17, 15) is 13.2 Å². The van der Waals surface area contributed by atoms with Gasteiger partial charge in [-0.2, -0.15) is 13.2 Å². The van der Waals surface area contributed by atoms with Crippen molar-refractivity contribution in [3.63, 3.8) is 0 Å². The number of carboxylic acid groups (broad SMARTS) is 1. The molecule has 0 radical (unpaired) electrons. The highest BCUT2D eigenvalue weighted by molar-refractivity contribution is 5.73. The van der Waals surface area contributed by atoms with E-state index in [1.807, 2.05) is 0 Å². The molecule has 0 fully saturated rings. The van der Waals surface area contributed by atoms with E-state index in [0.717, 1.165) is 19.6 Å². The van der Waals surface area contributed by atoms with Crippen LogP contribution in [0.25, 0.3) is 0 Å². The lowest BCUT2D eigenvalue weighted by molar-refractivity contribution is -0.192. The third-order valence-electron chi connectivity index (χ3n) is 7.30. The lowest BCUT2D eigenvalue weighted by Gasteiger charge is -2.16. The Morgan fingerprint density at radius 1 is 0.610 bits per heavy atom. The van der Waals surface area contributed by atoms with Gasteiger partial charge in [-0.15, -0.1) is 0 Å². The lowest BCUT2D eigenvalue weighted by atomic mass is 10.1. The summed E-state index contributed by atoms with van der Waals surface area (Å²) in [4.78, 5) is 8.90. The van der Waals surface area contributed by atoms with Crippen molar-refractivity contribution in [2.45, 2.75) is 180 Å². The predicted octanol–water partition coefficient (Wildman–Crippen LogP) is 10.4. The van der Waals surface area contributed by atoms with E-state index in [-0.39, 0.29) is 6.10 Å². The molecule has 0 heterocycles. The number of hydrogen-bond donors (Lipinski definition) is 2. The van der Waals surface area contributed by atoms with Crippen LogP contribution < -0.4 is 5.73 Å². The van der Waals surface area contributed by atoms with Gasteiger partial charge >= 0.3 is 12.1 Å². The highest BCUT2D eigenvalue weighted by atomic mass is 19.4. The Labute approximate surface area is 250 Å². The Kier molecular flexibility index (Phi) is 34.7. The molecule has 0 amide bonds. The molecule has 0 aliphatic carbocycles. The number of rotatable bonds is 30. The molecule has 0 saturated carbocycles. The van der Waals surface area contributed by atoms with Crippen molar-refractivity contribution in [3.8, 4) is 0 Å². The molecule has 41 heavy (non-hydrogen) atoms. The molecule has 0 bridgehead atoms. The molecule has 1 atom stereocenters. The van der Waals surface area contributed by atoms with E-state index in [4.69, 9.17) is 25.1 Å². The summed E-state index contributed by atoms with van der Waals surface area (Å²) in [6.07, 6.45) is 28.1. The second-order valence-electron chi connectivity index (χ2n) is 11.4. The number of ether oxygens (including phenoxy) is 2. The quantitative estimate of drug-likeness (QED) is 0.0805. The summed E-state index contributed by atoms with van der Waals surface area (Å²) in [5.74, 6) is -2.76. The van der Waals surface area contributed by atoms with Gasteiger partial charge in [0, 0.05) is 19.8 Å². The average molecular weight is 598 g/mol. The highest BCUT2D eigenvalue weighted by Crippen LogP contribution is 2.14. The summed E-state index contributed by atoms with van der Waals surface area (Å²) in [6.45, 7) is 7.49. The van der Waals surface area contributed by atoms with E-state index < -0.39 is 12.1 Å². The van der Waals surface area contributed by atoms with Crippen LogP contribution >= 0.6 is 0 Å². The number of alkyl halides is 3. The Morgan fingerprint density at radius 3 is 1.20 bits per heavy atom. The van der Waals surface area contributed by atoms with E-state index in [1.54, 1.807) is 0 Å². The number of hydrogen-bond acceptors (Lipinski definition) is 4. The second-order valence-corrected chi connectivity index (χ2v) is 11.4. The van der Waals surface area contributed by atoms with E-state index in [1.165, 1.54) is 148 Å². The number of aliphatic carboxylic acids is 1. The minimum Gasteiger partial charge on any atom is -0.475 e. The maximum Gasteiger partial charge on any atom is 0.490 e. The van der Waals surface area contributed by atoms with Crippen LogP contribution in [0.2, 0.25) is 0 Å². The zero-order chi connectivity index (χ0) is 30.9. The first-order valence-corrected chi connectivity index (χ1v) is 17.0. The highest BCUT2D eigenvalue weighted by Gasteiger charge is 2.38.